The summed E-state index contributed by atoms with van der Waals surface area (Å²) in [5.74, 6) is 0.224. The van der Waals surface area contributed by atoms with Crippen molar-refractivity contribution >= 4 is 23.3 Å². The van der Waals surface area contributed by atoms with Crippen molar-refractivity contribution in [3.8, 4) is 5.75 Å². The summed E-state index contributed by atoms with van der Waals surface area (Å²) in [6.45, 7) is 1.08. The smallest absolute Gasteiger partial charge is 0.318 e. The highest BCUT2D eigenvalue weighted by atomic mass is 16.5. The molecule has 3 rings (SSSR count). The van der Waals surface area contributed by atoms with Crippen LogP contribution in [0.1, 0.15) is 11.1 Å². The second-order valence-corrected chi connectivity index (χ2v) is 6.10. The molecule has 7 heteroatoms. The Bertz CT molecular complexity index is 822. The van der Waals surface area contributed by atoms with Crippen molar-refractivity contribution in [3.63, 3.8) is 0 Å². The highest BCUT2D eigenvalue weighted by Gasteiger charge is 2.20. The summed E-state index contributed by atoms with van der Waals surface area (Å²) in [6, 6.07) is 12.8. The molecule has 0 unspecified atom stereocenters. The number of nitrogens with one attached hydrogen (secondary N) is 2. The zero-order valence-corrected chi connectivity index (χ0v) is 14.6. The lowest BCUT2D eigenvalue weighted by atomic mass is 10.0. The molecule has 4 N–H and O–H groups in total. The lowest BCUT2D eigenvalue weighted by Gasteiger charge is -2.28. The second kappa shape index (κ2) is 7.77. The van der Waals surface area contributed by atoms with E-state index >= 15 is 0 Å². The molecule has 0 spiro atoms. The number of hydrogen-bond donors (Lipinski definition) is 3. The van der Waals surface area contributed by atoms with Crippen molar-refractivity contribution in [1.29, 1.82) is 0 Å². The lowest BCUT2D eigenvalue weighted by Crippen LogP contribution is -2.45. The molecule has 0 saturated heterocycles. The summed E-state index contributed by atoms with van der Waals surface area (Å²) < 4.78 is 5.08. The van der Waals surface area contributed by atoms with Crippen LogP contribution in [-0.2, 0) is 17.8 Å². The number of nitrogens with two attached hydrogens (primary N) is 1. The van der Waals surface area contributed by atoms with Crippen LogP contribution in [0.2, 0.25) is 0 Å². The van der Waals surface area contributed by atoms with Crippen LogP contribution in [0.15, 0.2) is 42.5 Å². The van der Waals surface area contributed by atoms with Gasteiger partial charge in [0.1, 0.15) is 5.75 Å². The van der Waals surface area contributed by atoms with Crippen LogP contribution < -0.4 is 21.1 Å². The first-order valence-electron chi connectivity index (χ1n) is 8.39. The molecule has 0 aromatic heterocycles. The molecular formula is C19H22N4O3. The third-order valence-corrected chi connectivity index (χ3v) is 4.33. The van der Waals surface area contributed by atoms with Gasteiger partial charge in [0.2, 0.25) is 5.91 Å². The van der Waals surface area contributed by atoms with E-state index in [0.717, 1.165) is 12.0 Å². The van der Waals surface area contributed by atoms with Gasteiger partial charge in [0.25, 0.3) is 0 Å². The molecule has 26 heavy (non-hydrogen) atoms. The van der Waals surface area contributed by atoms with E-state index in [1.165, 1.54) is 12.7 Å². The van der Waals surface area contributed by atoms with E-state index in [9.17, 15) is 9.59 Å². The lowest BCUT2D eigenvalue weighted by molar-refractivity contribution is -0.115. The summed E-state index contributed by atoms with van der Waals surface area (Å²) in [6.07, 6.45) is 0.820. The minimum Gasteiger partial charge on any atom is -0.495 e. The van der Waals surface area contributed by atoms with E-state index in [1.54, 1.807) is 23.1 Å². The van der Waals surface area contributed by atoms with Gasteiger partial charge >= 0.3 is 6.03 Å². The van der Waals surface area contributed by atoms with E-state index in [0.29, 0.717) is 30.2 Å². The van der Waals surface area contributed by atoms with Gasteiger partial charge in [-0.1, -0.05) is 24.3 Å². The van der Waals surface area contributed by atoms with E-state index in [4.69, 9.17) is 10.5 Å². The number of nitrogens with zero attached hydrogens (tertiary/aromatic N) is 1. The number of carbonyl (C=O) groups excluding carboxylic acids is 2. The van der Waals surface area contributed by atoms with Crippen LogP contribution in [0.4, 0.5) is 16.2 Å². The van der Waals surface area contributed by atoms with Crippen molar-refractivity contribution in [2.75, 3.05) is 31.2 Å². The third-order valence-electron chi connectivity index (χ3n) is 4.33. The number of anilines is 2. The fourth-order valence-electron chi connectivity index (χ4n) is 2.95. The van der Waals surface area contributed by atoms with Gasteiger partial charge < -0.3 is 26.0 Å². The van der Waals surface area contributed by atoms with Crippen LogP contribution in [0, 0.1) is 0 Å². The van der Waals surface area contributed by atoms with E-state index in [-0.39, 0.29) is 18.5 Å². The van der Waals surface area contributed by atoms with Gasteiger partial charge in [0, 0.05) is 18.8 Å². The topological polar surface area (TPSA) is 96.7 Å². The molecule has 0 atom stereocenters. The molecule has 2 aromatic carbocycles. The van der Waals surface area contributed by atoms with Gasteiger partial charge in [-0.2, -0.15) is 0 Å². The van der Waals surface area contributed by atoms with Gasteiger partial charge in [-0.25, -0.2) is 4.79 Å². The predicted molar refractivity (Wildman–Crippen MR) is 100.0 cm³/mol. The maximum absolute atomic E-state index is 12.3. The van der Waals surface area contributed by atoms with Gasteiger partial charge in [-0.05, 0) is 35.7 Å². The SMILES string of the molecule is COc1ccc(NC(=O)CNC(=O)N2CCc3ccccc3C2)cc1N. The Morgan fingerprint density at radius 3 is 2.69 bits per heavy atom. The Hall–Kier alpha value is -3.22. The number of fused-ring (bicyclic) bond motifs is 1. The Morgan fingerprint density at radius 1 is 1.19 bits per heavy atom. The van der Waals surface area contributed by atoms with Gasteiger partial charge in [-0.15, -0.1) is 0 Å². The molecule has 3 amide bonds. The molecule has 0 fully saturated rings. The minimum atomic E-state index is -0.319. The number of carbonyl (C=O) groups is 2. The summed E-state index contributed by atoms with van der Waals surface area (Å²) in [5.41, 5.74) is 9.21. The normalized spacial score (nSPS) is 12.9. The molecular weight excluding hydrogens is 332 g/mol. The van der Waals surface area contributed by atoms with Crippen LogP contribution >= 0.6 is 0 Å². The molecule has 0 aliphatic carbocycles. The maximum Gasteiger partial charge on any atom is 0.318 e. The number of benzene rings is 2. The number of amides is 3. The van der Waals surface area contributed by atoms with Crippen LogP contribution in [-0.4, -0.2) is 37.0 Å². The van der Waals surface area contributed by atoms with E-state index in [1.807, 2.05) is 18.2 Å². The summed E-state index contributed by atoms with van der Waals surface area (Å²) >= 11 is 0. The zero-order chi connectivity index (χ0) is 18.5. The Labute approximate surface area is 152 Å². The Kier molecular flexibility index (Phi) is 5.26. The van der Waals surface area contributed by atoms with Crippen molar-refractivity contribution in [2.24, 2.45) is 0 Å². The largest absolute Gasteiger partial charge is 0.495 e. The van der Waals surface area contributed by atoms with E-state index < -0.39 is 0 Å². The number of ether oxygens (including phenoxy) is 1. The van der Waals surface area contributed by atoms with Crippen molar-refractivity contribution in [2.45, 2.75) is 13.0 Å². The quantitative estimate of drug-likeness (QED) is 0.732. The first-order valence-corrected chi connectivity index (χ1v) is 8.39. The Morgan fingerprint density at radius 2 is 1.96 bits per heavy atom. The first-order chi connectivity index (χ1) is 12.6. The highest BCUT2D eigenvalue weighted by Crippen LogP contribution is 2.24. The number of urea groups is 1. The molecule has 2 aromatic rings. The molecule has 1 aliphatic rings. The number of methoxy groups -OCH3 is 1. The van der Waals surface area contributed by atoms with Gasteiger partial charge in [0.05, 0.1) is 19.3 Å². The number of nitrogen functional groups attached to an aromatic ring is 1. The second-order valence-electron chi connectivity index (χ2n) is 6.10. The number of hydrogen-bond acceptors (Lipinski definition) is 4. The number of rotatable bonds is 4. The highest BCUT2D eigenvalue weighted by molar-refractivity contribution is 5.94. The van der Waals surface area contributed by atoms with Crippen LogP contribution in [0.25, 0.3) is 0 Å². The fraction of sp³-hybridized carbons (Fsp3) is 0.263. The van der Waals surface area contributed by atoms with Gasteiger partial charge in [0.15, 0.2) is 0 Å². The fourth-order valence-corrected chi connectivity index (χ4v) is 2.95. The van der Waals surface area contributed by atoms with Crippen LogP contribution in [0.5, 0.6) is 5.75 Å². The zero-order valence-electron chi connectivity index (χ0n) is 14.6. The van der Waals surface area contributed by atoms with Gasteiger partial charge in [-0.3, -0.25) is 4.79 Å². The average Bonchev–Trinajstić information content (AvgIpc) is 2.66. The average molecular weight is 354 g/mol. The molecule has 1 aliphatic heterocycles. The third kappa shape index (κ3) is 4.05. The van der Waals surface area contributed by atoms with Crippen LogP contribution in [0.3, 0.4) is 0 Å². The molecule has 0 radical (unpaired) electrons. The standard InChI is InChI=1S/C19H22N4O3/c1-26-17-7-6-15(10-16(17)20)22-18(24)11-21-19(25)23-9-8-13-4-2-3-5-14(13)12-23/h2-7,10H,8-9,11-12,20H2,1H3,(H,21,25)(H,22,24). The monoisotopic (exact) mass is 354 g/mol. The molecule has 0 bridgehead atoms. The summed E-state index contributed by atoms with van der Waals surface area (Å²) in [7, 11) is 1.53. The summed E-state index contributed by atoms with van der Waals surface area (Å²) in [4.78, 5) is 26.1. The van der Waals surface area contributed by atoms with Crippen molar-refractivity contribution < 1.29 is 14.3 Å². The minimum absolute atomic E-state index is 0.108. The maximum atomic E-state index is 12.3. The Balaban J connectivity index is 1.50. The summed E-state index contributed by atoms with van der Waals surface area (Å²) in [5, 5.41) is 5.36. The molecule has 1 heterocycles. The molecule has 136 valence electrons. The predicted octanol–water partition coefficient (Wildman–Crippen LogP) is 1.98. The molecule has 0 saturated carbocycles. The van der Waals surface area contributed by atoms with Crippen molar-refractivity contribution in [1.82, 2.24) is 10.2 Å². The molecule has 7 nitrogen and oxygen atoms in total. The first kappa shape index (κ1) is 17.6. The van der Waals surface area contributed by atoms with Crippen molar-refractivity contribution in [3.05, 3.63) is 53.6 Å². The van der Waals surface area contributed by atoms with E-state index in [2.05, 4.69) is 16.7 Å².